The van der Waals surface area contributed by atoms with Crippen LogP contribution in [0.1, 0.15) is 29.5 Å². The fraction of sp³-hybridized carbons (Fsp3) is 0.700. The highest BCUT2D eigenvalue weighted by molar-refractivity contribution is 7.99. The summed E-state index contributed by atoms with van der Waals surface area (Å²) >= 11 is 3.84. The Bertz CT molecular complexity index is 279. The third-order valence-corrected chi connectivity index (χ3v) is 4.54. The van der Waals surface area contributed by atoms with Gasteiger partial charge in [0.05, 0.1) is 10.7 Å². The van der Waals surface area contributed by atoms with Gasteiger partial charge in [0, 0.05) is 17.7 Å². The van der Waals surface area contributed by atoms with E-state index in [-0.39, 0.29) is 0 Å². The predicted molar refractivity (Wildman–Crippen MR) is 64.2 cm³/mol. The Kier molecular flexibility index (Phi) is 3.84. The van der Waals surface area contributed by atoms with Crippen molar-refractivity contribution < 1.29 is 0 Å². The lowest BCUT2D eigenvalue weighted by Gasteiger charge is -2.19. The van der Waals surface area contributed by atoms with Crippen molar-refractivity contribution in [1.82, 2.24) is 4.98 Å². The number of nitrogens with zero attached hydrogens (tertiary/aromatic N) is 1. The molecule has 1 aromatic heterocycles. The Hall–Kier alpha value is -0.0600. The van der Waals surface area contributed by atoms with Gasteiger partial charge in [-0.15, -0.1) is 11.3 Å². The summed E-state index contributed by atoms with van der Waals surface area (Å²) in [6.07, 6.45) is 3.54. The van der Waals surface area contributed by atoms with Gasteiger partial charge in [0.2, 0.25) is 0 Å². The highest BCUT2D eigenvalue weighted by Crippen LogP contribution is 2.31. The van der Waals surface area contributed by atoms with Crippen molar-refractivity contribution in [3.63, 3.8) is 0 Å². The van der Waals surface area contributed by atoms with Gasteiger partial charge in [0.1, 0.15) is 0 Å². The number of hydrogen-bond donors (Lipinski definition) is 1. The first-order chi connectivity index (χ1) is 6.90. The first kappa shape index (κ1) is 10.5. The fourth-order valence-corrected chi connectivity index (χ4v) is 3.75. The Morgan fingerprint density at radius 1 is 1.43 bits per heavy atom. The van der Waals surface area contributed by atoms with E-state index >= 15 is 0 Å². The average Bonchev–Trinajstić information content (AvgIpc) is 2.68. The molecule has 0 amide bonds. The molecule has 14 heavy (non-hydrogen) atoms. The van der Waals surface area contributed by atoms with E-state index < -0.39 is 0 Å². The molecule has 0 spiro atoms. The van der Waals surface area contributed by atoms with Crippen molar-refractivity contribution in [2.45, 2.75) is 25.2 Å². The van der Waals surface area contributed by atoms with Crippen LogP contribution in [0.15, 0.2) is 5.38 Å². The first-order valence-corrected chi connectivity index (χ1v) is 7.15. The Labute approximate surface area is 93.3 Å². The van der Waals surface area contributed by atoms with Gasteiger partial charge in [-0.1, -0.05) is 0 Å². The minimum Gasteiger partial charge on any atom is -0.330 e. The molecule has 0 radical (unpaired) electrons. The number of nitrogens with two attached hydrogens (primary N) is 1. The van der Waals surface area contributed by atoms with E-state index in [1.807, 2.05) is 0 Å². The van der Waals surface area contributed by atoms with Crippen LogP contribution in [0.25, 0.3) is 0 Å². The van der Waals surface area contributed by atoms with Crippen molar-refractivity contribution in [1.29, 1.82) is 0 Å². The molecule has 2 heterocycles. The normalized spacial score (nSPS) is 18.6. The highest BCUT2D eigenvalue weighted by Gasteiger charge is 2.18. The Morgan fingerprint density at radius 2 is 2.21 bits per heavy atom. The van der Waals surface area contributed by atoms with Crippen molar-refractivity contribution in [3.8, 4) is 0 Å². The maximum atomic E-state index is 5.51. The first-order valence-electron chi connectivity index (χ1n) is 5.12. The summed E-state index contributed by atoms with van der Waals surface area (Å²) in [6.45, 7) is 0.716. The topological polar surface area (TPSA) is 38.9 Å². The van der Waals surface area contributed by atoms with E-state index in [0.717, 1.165) is 12.3 Å². The molecule has 0 aliphatic carbocycles. The molecule has 2 N–H and O–H groups in total. The summed E-state index contributed by atoms with van der Waals surface area (Å²) in [5.41, 5.74) is 6.83. The van der Waals surface area contributed by atoms with Gasteiger partial charge in [0.15, 0.2) is 0 Å². The van der Waals surface area contributed by atoms with Crippen LogP contribution in [0, 0.1) is 0 Å². The number of thioether (sulfide) groups is 1. The zero-order valence-corrected chi connectivity index (χ0v) is 9.87. The van der Waals surface area contributed by atoms with Gasteiger partial charge in [-0.2, -0.15) is 11.8 Å². The van der Waals surface area contributed by atoms with Gasteiger partial charge in [-0.25, -0.2) is 4.98 Å². The zero-order chi connectivity index (χ0) is 9.80. The SMILES string of the molecule is NCCc1nc(C2CCSCC2)cs1. The van der Waals surface area contributed by atoms with Crippen LogP contribution in [0.4, 0.5) is 0 Å². The van der Waals surface area contributed by atoms with E-state index in [9.17, 15) is 0 Å². The van der Waals surface area contributed by atoms with Crippen molar-refractivity contribution >= 4 is 23.1 Å². The van der Waals surface area contributed by atoms with Crippen LogP contribution in [0.2, 0.25) is 0 Å². The molecule has 1 aromatic rings. The van der Waals surface area contributed by atoms with Crippen LogP contribution in [0.5, 0.6) is 0 Å². The van der Waals surface area contributed by atoms with Gasteiger partial charge in [-0.05, 0) is 30.9 Å². The number of aromatic nitrogens is 1. The van der Waals surface area contributed by atoms with Crippen molar-refractivity contribution in [3.05, 3.63) is 16.1 Å². The van der Waals surface area contributed by atoms with Gasteiger partial charge < -0.3 is 5.73 Å². The monoisotopic (exact) mass is 228 g/mol. The third-order valence-electron chi connectivity index (χ3n) is 2.57. The summed E-state index contributed by atoms with van der Waals surface area (Å²) < 4.78 is 0. The lowest BCUT2D eigenvalue weighted by atomic mass is 10.00. The number of rotatable bonds is 3. The quantitative estimate of drug-likeness (QED) is 0.862. The molecule has 1 saturated heterocycles. The molecule has 1 fully saturated rings. The van der Waals surface area contributed by atoms with E-state index in [2.05, 4.69) is 22.1 Å². The smallest absolute Gasteiger partial charge is 0.0940 e. The molecule has 1 aliphatic heterocycles. The molecular weight excluding hydrogens is 212 g/mol. The molecule has 0 bridgehead atoms. The second-order valence-corrected chi connectivity index (χ2v) is 5.76. The largest absolute Gasteiger partial charge is 0.330 e. The maximum absolute atomic E-state index is 5.51. The number of thiazole rings is 1. The molecule has 2 nitrogen and oxygen atoms in total. The van der Waals surface area contributed by atoms with Gasteiger partial charge >= 0.3 is 0 Å². The van der Waals surface area contributed by atoms with Crippen LogP contribution >= 0.6 is 23.1 Å². The molecule has 1 aliphatic rings. The minimum absolute atomic E-state index is 0.716. The molecular formula is C10H16N2S2. The van der Waals surface area contributed by atoms with Crippen molar-refractivity contribution in [2.75, 3.05) is 18.1 Å². The summed E-state index contributed by atoms with van der Waals surface area (Å²) in [5.74, 6) is 3.32. The summed E-state index contributed by atoms with van der Waals surface area (Å²) in [6, 6.07) is 0. The van der Waals surface area contributed by atoms with Crippen LogP contribution in [0.3, 0.4) is 0 Å². The maximum Gasteiger partial charge on any atom is 0.0940 e. The molecule has 78 valence electrons. The fourth-order valence-electron chi connectivity index (χ4n) is 1.74. The molecule has 4 heteroatoms. The second kappa shape index (κ2) is 5.14. The summed E-state index contributed by atoms with van der Waals surface area (Å²) in [7, 11) is 0. The Morgan fingerprint density at radius 3 is 2.93 bits per heavy atom. The van der Waals surface area contributed by atoms with Gasteiger partial charge in [-0.3, -0.25) is 0 Å². The van der Waals surface area contributed by atoms with Crippen LogP contribution < -0.4 is 5.73 Å². The van der Waals surface area contributed by atoms with E-state index in [1.54, 1.807) is 11.3 Å². The minimum atomic E-state index is 0.716. The standard InChI is InChI=1S/C10H16N2S2/c11-4-1-10-12-9(7-14-10)8-2-5-13-6-3-8/h7-8H,1-6,11H2. The van der Waals surface area contributed by atoms with Crippen LogP contribution in [-0.2, 0) is 6.42 Å². The average molecular weight is 228 g/mol. The van der Waals surface area contributed by atoms with Crippen molar-refractivity contribution in [2.24, 2.45) is 5.73 Å². The second-order valence-electron chi connectivity index (χ2n) is 3.59. The van der Waals surface area contributed by atoms with E-state index in [1.165, 1.54) is 35.0 Å². The summed E-state index contributed by atoms with van der Waals surface area (Å²) in [4.78, 5) is 4.65. The van der Waals surface area contributed by atoms with E-state index in [0.29, 0.717) is 6.54 Å². The molecule has 0 aromatic carbocycles. The molecule has 0 unspecified atom stereocenters. The van der Waals surface area contributed by atoms with E-state index in [4.69, 9.17) is 5.73 Å². The zero-order valence-electron chi connectivity index (χ0n) is 8.24. The third kappa shape index (κ3) is 2.49. The molecule has 2 rings (SSSR count). The van der Waals surface area contributed by atoms with Gasteiger partial charge in [0.25, 0.3) is 0 Å². The summed E-state index contributed by atoms with van der Waals surface area (Å²) in [5, 5.41) is 3.44. The highest BCUT2D eigenvalue weighted by atomic mass is 32.2. The lowest BCUT2D eigenvalue weighted by Crippen LogP contribution is -2.08. The molecule has 0 atom stereocenters. The van der Waals surface area contributed by atoms with Crippen LogP contribution in [-0.4, -0.2) is 23.0 Å². The predicted octanol–water partition coefficient (Wildman–Crippen LogP) is 2.25. The Balaban J connectivity index is 2.00. The molecule has 0 saturated carbocycles. The number of hydrogen-bond acceptors (Lipinski definition) is 4. The lowest BCUT2D eigenvalue weighted by molar-refractivity contribution is 0.620.